The van der Waals surface area contributed by atoms with Gasteiger partial charge in [0.15, 0.2) is 0 Å². The molecule has 0 saturated heterocycles. The van der Waals surface area contributed by atoms with E-state index in [2.05, 4.69) is 11.1 Å². The zero-order valence-corrected chi connectivity index (χ0v) is 17.3. The maximum Gasteiger partial charge on any atom is 0.273 e. The third kappa shape index (κ3) is 3.41. The van der Waals surface area contributed by atoms with E-state index < -0.39 is 11.8 Å². The summed E-state index contributed by atoms with van der Waals surface area (Å²) < 4.78 is 1.72. The Balaban J connectivity index is 1.77. The van der Waals surface area contributed by atoms with E-state index >= 15 is 0 Å². The fraction of sp³-hybridized carbons (Fsp3) is 0.478. The molecule has 1 unspecified atom stereocenters. The maximum atomic E-state index is 13.0. The Hall–Kier alpha value is -2.98. The quantitative estimate of drug-likeness (QED) is 0.840. The molecule has 1 aliphatic heterocycles. The minimum atomic E-state index is -0.956. The van der Waals surface area contributed by atoms with Gasteiger partial charge in [-0.05, 0) is 44.4 Å². The molecule has 0 spiro atoms. The molecule has 1 aliphatic carbocycles. The maximum absolute atomic E-state index is 13.0. The molecule has 0 bridgehead atoms. The van der Waals surface area contributed by atoms with E-state index in [9.17, 15) is 14.7 Å². The van der Waals surface area contributed by atoms with E-state index in [0.29, 0.717) is 17.8 Å². The van der Waals surface area contributed by atoms with Crippen LogP contribution in [-0.4, -0.2) is 37.7 Å². The van der Waals surface area contributed by atoms with Crippen molar-refractivity contribution in [3.8, 4) is 6.07 Å². The van der Waals surface area contributed by atoms with Crippen molar-refractivity contribution < 1.29 is 9.90 Å². The number of aromatic nitrogens is 2. The van der Waals surface area contributed by atoms with E-state index in [1.165, 1.54) is 11.0 Å². The van der Waals surface area contributed by atoms with Gasteiger partial charge in [-0.25, -0.2) is 0 Å². The van der Waals surface area contributed by atoms with Crippen molar-refractivity contribution in [1.82, 2.24) is 14.5 Å². The predicted octanol–water partition coefficient (Wildman–Crippen LogP) is 2.35. The molecule has 1 fully saturated rings. The lowest BCUT2D eigenvalue weighted by molar-refractivity contribution is -0.0260. The summed E-state index contributed by atoms with van der Waals surface area (Å²) in [5.41, 5.74) is 1.40. The van der Waals surface area contributed by atoms with Gasteiger partial charge in [0.1, 0.15) is 17.7 Å². The topological polar surface area (TPSA) is 99.2 Å². The molecule has 1 amide bonds. The molecule has 2 aliphatic rings. The van der Waals surface area contributed by atoms with Gasteiger partial charge < -0.3 is 14.6 Å². The number of carbonyl (C=O) groups excluding carboxylic acids is 1. The first kappa shape index (κ1) is 20.3. The first-order valence-electron chi connectivity index (χ1n) is 10.5. The number of rotatable bonds is 4. The Bertz CT molecular complexity index is 1060. The molecule has 0 radical (unpaired) electrons. The highest BCUT2D eigenvalue weighted by atomic mass is 16.3. The lowest BCUT2D eigenvalue weighted by Gasteiger charge is -2.38. The average molecular weight is 406 g/mol. The summed E-state index contributed by atoms with van der Waals surface area (Å²) in [4.78, 5) is 31.0. The number of nitrogens with zero attached hydrogens (tertiary/aromatic N) is 4. The summed E-state index contributed by atoms with van der Waals surface area (Å²) >= 11 is 0. The number of amides is 1. The Morgan fingerprint density at radius 2 is 1.90 bits per heavy atom. The molecule has 7 nitrogen and oxygen atoms in total. The van der Waals surface area contributed by atoms with Crippen molar-refractivity contribution in [3.63, 3.8) is 0 Å². The molecule has 1 aromatic carbocycles. The van der Waals surface area contributed by atoms with Gasteiger partial charge in [-0.2, -0.15) is 10.2 Å². The second-order valence-electron chi connectivity index (χ2n) is 8.65. The monoisotopic (exact) mass is 406 g/mol. The molecule has 1 saturated carbocycles. The van der Waals surface area contributed by atoms with Gasteiger partial charge in [-0.1, -0.05) is 25.0 Å². The van der Waals surface area contributed by atoms with Gasteiger partial charge in [0, 0.05) is 23.9 Å². The van der Waals surface area contributed by atoms with Crippen LogP contribution in [0.4, 0.5) is 0 Å². The summed E-state index contributed by atoms with van der Waals surface area (Å²) in [7, 11) is 0. The molecule has 30 heavy (non-hydrogen) atoms. The fourth-order valence-electron chi connectivity index (χ4n) is 4.99. The van der Waals surface area contributed by atoms with Crippen LogP contribution in [0.3, 0.4) is 0 Å². The van der Waals surface area contributed by atoms with Gasteiger partial charge in [-0.3, -0.25) is 9.59 Å². The minimum absolute atomic E-state index is 0.173. The molecule has 1 atom stereocenters. The molecular weight excluding hydrogens is 380 g/mol. The number of aliphatic hydroxyl groups excluding tert-OH is 1. The van der Waals surface area contributed by atoms with Crippen LogP contribution in [0, 0.1) is 11.3 Å². The number of fused-ring (bicyclic) bond motifs is 1. The van der Waals surface area contributed by atoms with E-state index in [4.69, 9.17) is 5.26 Å². The highest BCUT2D eigenvalue weighted by molar-refractivity contribution is 5.93. The Morgan fingerprint density at radius 3 is 2.50 bits per heavy atom. The van der Waals surface area contributed by atoms with Gasteiger partial charge in [0.05, 0.1) is 18.2 Å². The van der Waals surface area contributed by atoms with Gasteiger partial charge in [0.25, 0.3) is 11.5 Å². The van der Waals surface area contributed by atoms with E-state index in [1.807, 2.05) is 38.1 Å². The van der Waals surface area contributed by atoms with Crippen LogP contribution in [0.15, 0.2) is 35.1 Å². The number of hydrogen-bond acceptors (Lipinski definition) is 5. The zero-order valence-electron chi connectivity index (χ0n) is 17.3. The van der Waals surface area contributed by atoms with Crippen molar-refractivity contribution in [2.45, 2.75) is 70.2 Å². The van der Waals surface area contributed by atoms with Crippen LogP contribution in [0.2, 0.25) is 0 Å². The third-order valence-corrected chi connectivity index (χ3v) is 6.46. The molecular formula is C23H26N4O3. The largest absolute Gasteiger partial charge is 0.372 e. The lowest BCUT2D eigenvalue weighted by atomic mass is 9.75. The number of hydrogen-bond donors (Lipinski definition) is 1. The van der Waals surface area contributed by atoms with E-state index in [-0.39, 0.29) is 29.6 Å². The highest BCUT2D eigenvalue weighted by Crippen LogP contribution is 2.43. The van der Waals surface area contributed by atoms with Gasteiger partial charge in [-0.15, -0.1) is 0 Å². The van der Waals surface area contributed by atoms with Crippen molar-refractivity contribution >= 4 is 5.91 Å². The first-order chi connectivity index (χ1) is 14.3. The summed E-state index contributed by atoms with van der Waals surface area (Å²) in [6, 6.07) is 10.9. The molecule has 4 rings (SSSR count). The van der Waals surface area contributed by atoms with Crippen LogP contribution < -0.4 is 5.56 Å². The normalized spacial score (nSPS) is 20.3. The van der Waals surface area contributed by atoms with E-state index in [1.54, 1.807) is 4.57 Å². The smallest absolute Gasteiger partial charge is 0.273 e. The number of nitriles is 1. The molecule has 7 heteroatoms. The number of carbonyl (C=O) groups is 1. The standard InChI is InChI=1S/C23H26N4O3/c1-15(2)27-21(29)14-26-18(22(27)30)11-20(28)25-19(26)12-23(9-3-4-10-23)17-7-5-16(13-24)6-8-17/h5-8,11,15,21,29H,3-4,9-10,12,14H2,1-2H3. The molecule has 156 valence electrons. The molecule has 1 aromatic heterocycles. The molecule has 2 aromatic rings. The summed E-state index contributed by atoms with van der Waals surface area (Å²) in [6.07, 6.45) is 3.62. The molecule has 1 N–H and O–H groups in total. The Labute approximate surface area is 175 Å². The predicted molar refractivity (Wildman–Crippen MR) is 111 cm³/mol. The first-order valence-corrected chi connectivity index (χ1v) is 10.5. The second-order valence-corrected chi connectivity index (χ2v) is 8.65. The van der Waals surface area contributed by atoms with Crippen molar-refractivity contribution in [3.05, 3.63) is 63.3 Å². The zero-order chi connectivity index (χ0) is 21.5. The second kappa shape index (κ2) is 7.69. The fourth-order valence-corrected chi connectivity index (χ4v) is 4.99. The van der Waals surface area contributed by atoms with Crippen LogP contribution in [0.5, 0.6) is 0 Å². The van der Waals surface area contributed by atoms with Crippen LogP contribution in [0.25, 0.3) is 0 Å². The van der Waals surface area contributed by atoms with Crippen molar-refractivity contribution in [2.24, 2.45) is 0 Å². The number of aliphatic hydroxyl groups is 1. The summed E-state index contributed by atoms with van der Waals surface area (Å²) in [5, 5.41) is 19.7. The summed E-state index contributed by atoms with van der Waals surface area (Å²) in [6.45, 7) is 3.89. The summed E-state index contributed by atoms with van der Waals surface area (Å²) in [5.74, 6) is 0.197. The SMILES string of the molecule is CC(C)N1C(=O)c2cc(=O)nc(CC3(c4ccc(C#N)cc4)CCCC3)n2CC1O. The van der Waals surface area contributed by atoms with Crippen LogP contribution in [0.1, 0.15) is 67.0 Å². The van der Waals surface area contributed by atoms with Crippen LogP contribution in [-0.2, 0) is 18.4 Å². The molecule has 2 heterocycles. The highest BCUT2D eigenvalue weighted by Gasteiger charge is 2.39. The van der Waals surface area contributed by atoms with Crippen molar-refractivity contribution in [1.29, 1.82) is 5.26 Å². The number of benzene rings is 1. The van der Waals surface area contributed by atoms with Crippen molar-refractivity contribution in [2.75, 3.05) is 0 Å². The minimum Gasteiger partial charge on any atom is -0.372 e. The Kier molecular flexibility index (Phi) is 5.20. The Morgan fingerprint density at radius 1 is 1.23 bits per heavy atom. The van der Waals surface area contributed by atoms with Gasteiger partial charge in [0.2, 0.25) is 0 Å². The third-order valence-electron chi connectivity index (χ3n) is 6.46. The van der Waals surface area contributed by atoms with E-state index in [0.717, 1.165) is 31.2 Å². The van der Waals surface area contributed by atoms with Crippen LogP contribution >= 0.6 is 0 Å². The average Bonchev–Trinajstić information content (AvgIpc) is 3.18. The van der Waals surface area contributed by atoms with Gasteiger partial charge >= 0.3 is 0 Å². The lowest BCUT2D eigenvalue weighted by Crippen LogP contribution is -2.53.